The number of imide groups is 1. The van der Waals surface area contributed by atoms with Crippen LogP contribution in [-0.2, 0) is 19.9 Å². The zero-order valence-electron chi connectivity index (χ0n) is 15.7. The van der Waals surface area contributed by atoms with Crippen molar-refractivity contribution in [2.45, 2.75) is 38.6 Å². The van der Waals surface area contributed by atoms with E-state index in [1.54, 1.807) is 24.3 Å². The Morgan fingerprint density at radius 3 is 2.37 bits per heavy atom. The summed E-state index contributed by atoms with van der Waals surface area (Å²) in [4.78, 5) is 50.0. The van der Waals surface area contributed by atoms with E-state index >= 15 is 0 Å². The van der Waals surface area contributed by atoms with Gasteiger partial charge in [0, 0.05) is 6.54 Å². The topological polar surface area (TPSA) is 108 Å². The molecular formula is C19H26N4O4. The highest BCUT2D eigenvalue weighted by Gasteiger charge is 2.52. The third-order valence-electron chi connectivity index (χ3n) is 4.39. The van der Waals surface area contributed by atoms with E-state index in [1.807, 2.05) is 19.9 Å². The van der Waals surface area contributed by atoms with Crippen LogP contribution >= 0.6 is 0 Å². The summed E-state index contributed by atoms with van der Waals surface area (Å²) < 4.78 is 0. The average Bonchev–Trinajstić information content (AvgIpc) is 2.91. The van der Waals surface area contributed by atoms with Gasteiger partial charge in [-0.3, -0.25) is 19.3 Å². The lowest BCUT2D eigenvalue weighted by Crippen LogP contribution is -2.46. The van der Waals surface area contributed by atoms with Crippen molar-refractivity contribution in [1.29, 1.82) is 0 Å². The van der Waals surface area contributed by atoms with E-state index in [0.717, 1.165) is 11.3 Å². The van der Waals surface area contributed by atoms with Crippen molar-refractivity contribution in [3.05, 3.63) is 35.9 Å². The molecule has 27 heavy (non-hydrogen) atoms. The van der Waals surface area contributed by atoms with E-state index in [4.69, 9.17) is 0 Å². The molecule has 8 heteroatoms. The van der Waals surface area contributed by atoms with Crippen LogP contribution in [0.25, 0.3) is 0 Å². The molecule has 0 saturated carbocycles. The molecule has 0 radical (unpaired) electrons. The summed E-state index contributed by atoms with van der Waals surface area (Å²) in [7, 11) is 0. The van der Waals surface area contributed by atoms with Crippen molar-refractivity contribution in [3.63, 3.8) is 0 Å². The van der Waals surface area contributed by atoms with Gasteiger partial charge in [-0.1, -0.05) is 50.6 Å². The van der Waals surface area contributed by atoms with Crippen molar-refractivity contribution in [1.82, 2.24) is 20.9 Å². The van der Waals surface area contributed by atoms with Gasteiger partial charge in [0.1, 0.15) is 12.1 Å². The molecule has 3 N–H and O–H groups in total. The van der Waals surface area contributed by atoms with Crippen LogP contribution in [0, 0.1) is 0 Å². The molecule has 1 fully saturated rings. The molecule has 1 saturated heterocycles. The molecule has 1 aromatic carbocycles. The van der Waals surface area contributed by atoms with Crippen molar-refractivity contribution in [2.75, 3.05) is 19.6 Å². The van der Waals surface area contributed by atoms with Crippen LogP contribution < -0.4 is 16.0 Å². The predicted molar refractivity (Wildman–Crippen MR) is 99.6 cm³/mol. The summed E-state index contributed by atoms with van der Waals surface area (Å²) in [6.07, 6.45) is 1.90. The molecule has 1 aliphatic heterocycles. The van der Waals surface area contributed by atoms with Gasteiger partial charge in [0.15, 0.2) is 0 Å². The first-order valence-corrected chi connectivity index (χ1v) is 9.17. The largest absolute Gasteiger partial charge is 0.355 e. The quantitative estimate of drug-likeness (QED) is 0.558. The molecule has 1 aromatic rings. The smallest absolute Gasteiger partial charge is 0.325 e. The maximum Gasteiger partial charge on any atom is 0.325 e. The number of carbonyl (C=O) groups is 4. The number of rotatable bonds is 9. The molecule has 0 aliphatic carbocycles. The minimum Gasteiger partial charge on any atom is -0.355 e. The van der Waals surface area contributed by atoms with Crippen LogP contribution in [0.3, 0.4) is 0 Å². The molecule has 2 rings (SSSR count). The lowest BCUT2D eigenvalue weighted by atomic mass is 9.85. The predicted octanol–water partition coefficient (Wildman–Crippen LogP) is 0.876. The lowest BCUT2D eigenvalue weighted by molar-refractivity contribution is -0.135. The van der Waals surface area contributed by atoms with Gasteiger partial charge in [-0.15, -0.1) is 0 Å². The molecule has 1 aliphatic rings. The summed E-state index contributed by atoms with van der Waals surface area (Å²) in [6, 6.07) is 8.40. The SMILES string of the molecule is CCCNC(=O)CNC(=O)CN1C(=O)N[C@](CCC)(c2ccccc2)C1=O. The molecule has 146 valence electrons. The highest BCUT2D eigenvalue weighted by molar-refractivity contribution is 6.09. The van der Waals surface area contributed by atoms with Gasteiger partial charge in [-0.2, -0.15) is 0 Å². The zero-order chi connectivity index (χ0) is 19.9. The zero-order valence-corrected chi connectivity index (χ0v) is 15.7. The standard InChI is InChI=1S/C19H26N4O4/c1-3-10-19(14-8-6-5-7-9-14)17(26)23(18(27)22-19)13-16(25)21-12-15(24)20-11-4-2/h5-9H,3-4,10-13H2,1-2H3,(H,20,24)(H,21,25)(H,22,27)/t19-/m1/s1. The van der Waals surface area contributed by atoms with Gasteiger partial charge in [0.2, 0.25) is 11.8 Å². The normalized spacial score (nSPS) is 19.0. The Balaban J connectivity index is 2.06. The minimum absolute atomic E-state index is 0.193. The van der Waals surface area contributed by atoms with Crippen LogP contribution in [0.4, 0.5) is 4.79 Å². The summed E-state index contributed by atoms with van der Waals surface area (Å²) in [5.74, 6) is -1.33. The van der Waals surface area contributed by atoms with E-state index in [9.17, 15) is 19.2 Å². The number of nitrogens with zero attached hydrogens (tertiary/aromatic N) is 1. The second-order valence-electron chi connectivity index (χ2n) is 6.47. The Hall–Kier alpha value is -2.90. The number of amides is 5. The van der Waals surface area contributed by atoms with Crippen molar-refractivity contribution in [2.24, 2.45) is 0 Å². The Morgan fingerprint density at radius 1 is 1.04 bits per heavy atom. The molecule has 0 unspecified atom stereocenters. The molecule has 1 heterocycles. The third-order valence-corrected chi connectivity index (χ3v) is 4.39. The van der Waals surface area contributed by atoms with Crippen LogP contribution in [0.2, 0.25) is 0 Å². The van der Waals surface area contributed by atoms with Gasteiger partial charge in [0.05, 0.1) is 6.54 Å². The third kappa shape index (κ3) is 4.64. The molecule has 0 spiro atoms. The molecule has 1 atom stereocenters. The number of urea groups is 1. The highest BCUT2D eigenvalue weighted by Crippen LogP contribution is 2.33. The van der Waals surface area contributed by atoms with Gasteiger partial charge in [-0.25, -0.2) is 4.79 Å². The van der Waals surface area contributed by atoms with Gasteiger partial charge in [-0.05, 0) is 18.4 Å². The number of hydrogen-bond donors (Lipinski definition) is 3. The Bertz CT molecular complexity index is 707. The van der Waals surface area contributed by atoms with E-state index in [1.165, 1.54) is 0 Å². The van der Waals surface area contributed by atoms with E-state index in [-0.39, 0.29) is 12.5 Å². The molecular weight excluding hydrogens is 348 g/mol. The minimum atomic E-state index is -1.16. The maximum atomic E-state index is 13.0. The first-order valence-electron chi connectivity index (χ1n) is 9.17. The van der Waals surface area contributed by atoms with Gasteiger partial charge < -0.3 is 16.0 Å². The van der Waals surface area contributed by atoms with E-state index < -0.39 is 29.9 Å². The highest BCUT2D eigenvalue weighted by atomic mass is 16.2. The second kappa shape index (κ2) is 9.16. The first kappa shape index (κ1) is 20.4. The molecule has 8 nitrogen and oxygen atoms in total. The summed E-state index contributed by atoms with van der Waals surface area (Å²) in [5.41, 5.74) is -0.474. The van der Waals surface area contributed by atoms with Crippen molar-refractivity contribution < 1.29 is 19.2 Å². The summed E-state index contributed by atoms with van der Waals surface area (Å²) in [6.45, 7) is 3.75. The van der Waals surface area contributed by atoms with Crippen LogP contribution in [-0.4, -0.2) is 48.3 Å². The molecule has 0 bridgehead atoms. The summed E-state index contributed by atoms with van der Waals surface area (Å²) in [5, 5.41) is 7.83. The van der Waals surface area contributed by atoms with E-state index in [0.29, 0.717) is 24.9 Å². The Kier molecular flexibility index (Phi) is 6.92. The maximum absolute atomic E-state index is 13.0. The fraction of sp³-hybridized carbons (Fsp3) is 0.474. The van der Waals surface area contributed by atoms with Crippen LogP contribution in [0.1, 0.15) is 38.7 Å². The number of nitrogens with one attached hydrogen (secondary N) is 3. The average molecular weight is 374 g/mol. The van der Waals surface area contributed by atoms with Gasteiger partial charge in [0.25, 0.3) is 5.91 Å². The monoisotopic (exact) mass is 374 g/mol. The molecule has 0 aromatic heterocycles. The lowest BCUT2D eigenvalue weighted by Gasteiger charge is -2.26. The number of carbonyl (C=O) groups excluding carboxylic acids is 4. The molecule has 5 amide bonds. The van der Waals surface area contributed by atoms with E-state index in [2.05, 4.69) is 16.0 Å². The summed E-state index contributed by atoms with van der Waals surface area (Å²) >= 11 is 0. The van der Waals surface area contributed by atoms with Gasteiger partial charge >= 0.3 is 6.03 Å². The number of hydrogen-bond acceptors (Lipinski definition) is 4. The van der Waals surface area contributed by atoms with Crippen LogP contribution in [0.15, 0.2) is 30.3 Å². The fourth-order valence-electron chi connectivity index (χ4n) is 3.08. The van der Waals surface area contributed by atoms with Crippen molar-refractivity contribution >= 4 is 23.8 Å². The van der Waals surface area contributed by atoms with Crippen LogP contribution in [0.5, 0.6) is 0 Å². The second-order valence-corrected chi connectivity index (χ2v) is 6.47. The fourth-order valence-corrected chi connectivity index (χ4v) is 3.08. The Morgan fingerprint density at radius 2 is 1.74 bits per heavy atom. The van der Waals surface area contributed by atoms with Crippen molar-refractivity contribution in [3.8, 4) is 0 Å². The first-order chi connectivity index (χ1) is 12.9. The number of benzene rings is 1. The Labute approximate surface area is 158 Å².